The van der Waals surface area contributed by atoms with Crippen molar-refractivity contribution in [1.29, 1.82) is 0 Å². The van der Waals surface area contributed by atoms with Crippen LogP contribution in [0.3, 0.4) is 0 Å². The van der Waals surface area contributed by atoms with E-state index in [0.717, 1.165) is 12.1 Å². The van der Waals surface area contributed by atoms with Gasteiger partial charge in [-0.05, 0) is 25.0 Å². The molecule has 0 aliphatic carbocycles. The highest BCUT2D eigenvalue weighted by molar-refractivity contribution is 5.69. The van der Waals surface area contributed by atoms with Crippen LogP contribution >= 0.6 is 0 Å². The van der Waals surface area contributed by atoms with E-state index in [-0.39, 0.29) is 5.92 Å². The van der Waals surface area contributed by atoms with Crippen LogP contribution in [-0.2, 0) is 11.2 Å². The van der Waals surface area contributed by atoms with E-state index in [2.05, 4.69) is 4.98 Å². The van der Waals surface area contributed by atoms with Crippen LogP contribution in [0.4, 0.5) is 0 Å². The van der Waals surface area contributed by atoms with Crippen molar-refractivity contribution in [2.75, 3.05) is 0 Å². The summed E-state index contributed by atoms with van der Waals surface area (Å²) in [5.74, 6) is -0.977. The summed E-state index contributed by atoms with van der Waals surface area (Å²) in [6.07, 6.45) is 3.34. The van der Waals surface area contributed by atoms with Crippen molar-refractivity contribution in [2.24, 2.45) is 5.92 Å². The molecule has 1 aromatic rings. The molecule has 1 unspecified atom stereocenters. The first-order valence-electron chi connectivity index (χ1n) is 4.05. The number of aromatic nitrogens is 1. The lowest BCUT2D eigenvalue weighted by Gasteiger charge is -2.03. The van der Waals surface area contributed by atoms with E-state index in [1.807, 2.05) is 18.3 Å². The van der Waals surface area contributed by atoms with Crippen LogP contribution in [-0.4, -0.2) is 16.1 Å². The van der Waals surface area contributed by atoms with Gasteiger partial charge in [-0.3, -0.25) is 4.79 Å². The molecule has 12 heavy (non-hydrogen) atoms. The second-order valence-electron chi connectivity index (χ2n) is 2.97. The molecule has 3 nitrogen and oxygen atoms in total. The van der Waals surface area contributed by atoms with Crippen molar-refractivity contribution < 1.29 is 9.90 Å². The SMILES string of the molecule is CC(CCc1ccc[nH]1)C(=O)O. The van der Waals surface area contributed by atoms with Gasteiger partial charge < -0.3 is 10.1 Å². The Morgan fingerprint density at radius 2 is 2.50 bits per heavy atom. The number of carboxylic acids is 1. The highest BCUT2D eigenvalue weighted by Gasteiger charge is 2.10. The summed E-state index contributed by atoms with van der Waals surface area (Å²) in [6, 6.07) is 3.88. The van der Waals surface area contributed by atoms with Gasteiger partial charge in [-0.15, -0.1) is 0 Å². The second kappa shape index (κ2) is 3.95. The van der Waals surface area contributed by atoms with Crippen LogP contribution in [0.1, 0.15) is 19.0 Å². The van der Waals surface area contributed by atoms with Crippen molar-refractivity contribution in [3.63, 3.8) is 0 Å². The number of carboxylic acid groups (broad SMARTS) is 1. The number of nitrogens with one attached hydrogen (secondary N) is 1. The van der Waals surface area contributed by atoms with Gasteiger partial charge in [-0.1, -0.05) is 6.92 Å². The molecule has 1 atom stereocenters. The van der Waals surface area contributed by atoms with Crippen LogP contribution in [0.5, 0.6) is 0 Å². The summed E-state index contributed by atoms with van der Waals surface area (Å²) < 4.78 is 0. The van der Waals surface area contributed by atoms with Gasteiger partial charge in [0.1, 0.15) is 0 Å². The minimum absolute atomic E-state index is 0.256. The van der Waals surface area contributed by atoms with Gasteiger partial charge in [-0.25, -0.2) is 0 Å². The number of H-pyrrole nitrogens is 1. The summed E-state index contributed by atoms with van der Waals surface area (Å²) in [5.41, 5.74) is 1.10. The average molecular weight is 167 g/mol. The number of carbonyl (C=O) groups is 1. The zero-order chi connectivity index (χ0) is 8.97. The van der Waals surface area contributed by atoms with Crippen molar-refractivity contribution in [3.8, 4) is 0 Å². The van der Waals surface area contributed by atoms with Crippen LogP contribution in [0.25, 0.3) is 0 Å². The van der Waals surface area contributed by atoms with Gasteiger partial charge in [0.05, 0.1) is 5.92 Å². The van der Waals surface area contributed by atoms with E-state index in [1.54, 1.807) is 6.92 Å². The van der Waals surface area contributed by atoms with Gasteiger partial charge in [0, 0.05) is 11.9 Å². The van der Waals surface area contributed by atoms with Crippen molar-refractivity contribution >= 4 is 5.97 Å². The molecule has 1 rings (SSSR count). The van der Waals surface area contributed by atoms with Gasteiger partial charge in [0.25, 0.3) is 0 Å². The van der Waals surface area contributed by atoms with E-state index >= 15 is 0 Å². The maximum atomic E-state index is 10.4. The molecule has 66 valence electrons. The Balaban J connectivity index is 2.31. The molecule has 0 saturated heterocycles. The zero-order valence-electron chi connectivity index (χ0n) is 7.08. The van der Waals surface area contributed by atoms with Gasteiger partial charge in [0.2, 0.25) is 0 Å². The fourth-order valence-electron chi connectivity index (χ4n) is 1.02. The number of hydrogen-bond donors (Lipinski definition) is 2. The number of rotatable bonds is 4. The number of aliphatic carboxylic acids is 1. The first kappa shape index (κ1) is 8.84. The molecule has 1 heterocycles. The first-order valence-corrected chi connectivity index (χ1v) is 4.05. The minimum Gasteiger partial charge on any atom is -0.481 e. The van der Waals surface area contributed by atoms with Crippen LogP contribution in [0.2, 0.25) is 0 Å². The molecule has 0 bridgehead atoms. The lowest BCUT2D eigenvalue weighted by atomic mass is 10.1. The molecule has 2 N–H and O–H groups in total. The minimum atomic E-state index is -0.721. The molecule has 0 aromatic carbocycles. The summed E-state index contributed by atoms with van der Waals surface area (Å²) in [4.78, 5) is 13.5. The molecule has 0 aliphatic heterocycles. The Hall–Kier alpha value is -1.25. The van der Waals surface area contributed by atoms with E-state index in [9.17, 15) is 4.79 Å². The Kier molecular flexibility index (Phi) is 2.91. The van der Waals surface area contributed by atoms with E-state index in [4.69, 9.17) is 5.11 Å². The van der Waals surface area contributed by atoms with Crippen molar-refractivity contribution in [1.82, 2.24) is 4.98 Å². The molecule has 0 fully saturated rings. The number of hydrogen-bond acceptors (Lipinski definition) is 1. The molecular weight excluding hydrogens is 154 g/mol. The fourth-order valence-corrected chi connectivity index (χ4v) is 1.02. The Labute approximate surface area is 71.4 Å². The largest absolute Gasteiger partial charge is 0.481 e. The van der Waals surface area contributed by atoms with Gasteiger partial charge in [0.15, 0.2) is 0 Å². The standard InChI is InChI=1S/C9H13NO2/c1-7(9(11)12)4-5-8-3-2-6-10-8/h2-3,6-7,10H,4-5H2,1H3,(H,11,12). The van der Waals surface area contributed by atoms with Gasteiger partial charge >= 0.3 is 5.97 Å². The third-order valence-electron chi connectivity index (χ3n) is 1.93. The smallest absolute Gasteiger partial charge is 0.306 e. The number of aromatic amines is 1. The van der Waals surface area contributed by atoms with Crippen molar-refractivity contribution in [3.05, 3.63) is 24.0 Å². The fraction of sp³-hybridized carbons (Fsp3) is 0.444. The highest BCUT2D eigenvalue weighted by atomic mass is 16.4. The molecule has 1 aromatic heterocycles. The summed E-state index contributed by atoms with van der Waals surface area (Å²) in [6.45, 7) is 1.73. The molecule has 0 saturated carbocycles. The lowest BCUT2D eigenvalue weighted by Crippen LogP contribution is -2.10. The van der Waals surface area contributed by atoms with Crippen LogP contribution in [0.15, 0.2) is 18.3 Å². The maximum absolute atomic E-state index is 10.4. The quantitative estimate of drug-likeness (QED) is 0.716. The molecule has 3 heteroatoms. The van der Waals surface area contributed by atoms with E-state index in [0.29, 0.717) is 6.42 Å². The third-order valence-corrected chi connectivity index (χ3v) is 1.93. The first-order chi connectivity index (χ1) is 5.70. The summed E-state index contributed by atoms with van der Waals surface area (Å²) >= 11 is 0. The lowest BCUT2D eigenvalue weighted by molar-refractivity contribution is -0.141. The zero-order valence-corrected chi connectivity index (χ0v) is 7.08. The predicted octanol–water partition coefficient (Wildman–Crippen LogP) is 1.67. The topological polar surface area (TPSA) is 53.1 Å². The van der Waals surface area contributed by atoms with Crippen LogP contribution in [0, 0.1) is 5.92 Å². The Morgan fingerprint density at radius 1 is 1.75 bits per heavy atom. The number of aryl methyl sites for hydroxylation is 1. The van der Waals surface area contributed by atoms with Crippen LogP contribution < -0.4 is 0 Å². The summed E-state index contributed by atoms with van der Waals surface area (Å²) in [5, 5.41) is 8.60. The predicted molar refractivity (Wildman–Crippen MR) is 45.9 cm³/mol. The highest BCUT2D eigenvalue weighted by Crippen LogP contribution is 2.07. The third kappa shape index (κ3) is 2.42. The normalized spacial score (nSPS) is 12.8. The van der Waals surface area contributed by atoms with Crippen molar-refractivity contribution in [2.45, 2.75) is 19.8 Å². The van der Waals surface area contributed by atoms with E-state index < -0.39 is 5.97 Å². The molecule has 0 amide bonds. The molecule has 0 aliphatic rings. The maximum Gasteiger partial charge on any atom is 0.306 e. The average Bonchev–Trinajstić information content (AvgIpc) is 2.51. The second-order valence-corrected chi connectivity index (χ2v) is 2.97. The Bertz CT molecular complexity index is 241. The molecule has 0 spiro atoms. The van der Waals surface area contributed by atoms with Gasteiger partial charge in [-0.2, -0.15) is 0 Å². The summed E-state index contributed by atoms with van der Waals surface area (Å²) in [7, 11) is 0. The monoisotopic (exact) mass is 167 g/mol. The molecular formula is C9H13NO2. The molecule has 0 radical (unpaired) electrons. The Morgan fingerprint density at radius 3 is 3.00 bits per heavy atom. The van der Waals surface area contributed by atoms with E-state index in [1.165, 1.54) is 0 Å².